The molecule has 2 N–H and O–H groups in total. The van der Waals surface area contributed by atoms with E-state index in [1.54, 1.807) is 7.11 Å². The molecule has 0 saturated heterocycles. The molecule has 0 aromatic heterocycles. The number of ether oxygens (including phenoxy) is 1. The number of methoxy groups -OCH3 is 1. The summed E-state index contributed by atoms with van der Waals surface area (Å²) in [4.78, 5) is 0.780. The molecule has 1 fully saturated rings. The molecule has 4 heteroatoms. The molecule has 3 nitrogen and oxygen atoms in total. The zero-order valence-corrected chi connectivity index (χ0v) is 11.6. The Labute approximate surface area is 111 Å². The zero-order chi connectivity index (χ0) is 13.0. The highest BCUT2D eigenvalue weighted by Crippen LogP contribution is 2.29. The van der Waals surface area contributed by atoms with Gasteiger partial charge in [-0.05, 0) is 25.0 Å². The van der Waals surface area contributed by atoms with Gasteiger partial charge in [0.25, 0.3) is 0 Å². The Balaban J connectivity index is 2.23. The van der Waals surface area contributed by atoms with Crippen molar-refractivity contribution in [2.75, 3.05) is 7.11 Å². The standard InChI is InChI=1S/C14H21NO2S/c1-17-12-8-5-6-10-14(12)18(16)13-9-4-2-3-7-11(13)15/h5-6,8,10-11,13H,2-4,7,9,15H2,1H3. The van der Waals surface area contributed by atoms with Crippen LogP contribution in [0.1, 0.15) is 32.1 Å². The van der Waals surface area contributed by atoms with Gasteiger partial charge in [-0.3, -0.25) is 4.21 Å². The van der Waals surface area contributed by atoms with E-state index in [9.17, 15) is 4.21 Å². The van der Waals surface area contributed by atoms with Gasteiger partial charge in [0.2, 0.25) is 0 Å². The second kappa shape index (κ2) is 6.34. The first-order valence-electron chi connectivity index (χ1n) is 6.53. The Bertz CT molecular complexity index is 422. The fraction of sp³-hybridized carbons (Fsp3) is 0.571. The summed E-state index contributed by atoms with van der Waals surface area (Å²) in [5.41, 5.74) is 6.17. The molecule has 1 aromatic carbocycles. The maximum Gasteiger partial charge on any atom is 0.134 e. The monoisotopic (exact) mass is 267 g/mol. The van der Waals surface area contributed by atoms with Crippen LogP contribution in [0.3, 0.4) is 0 Å². The molecule has 18 heavy (non-hydrogen) atoms. The molecule has 0 radical (unpaired) electrons. The highest BCUT2D eigenvalue weighted by molar-refractivity contribution is 7.85. The van der Waals surface area contributed by atoms with Crippen LogP contribution in [0.25, 0.3) is 0 Å². The second-order valence-corrected chi connectivity index (χ2v) is 6.43. The number of benzene rings is 1. The first-order valence-corrected chi connectivity index (χ1v) is 7.74. The number of nitrogens with two attached hydrogens (primary N) is 1. The van der Waals surface area contributed by atoms with E-state index in [0.717, 1.165) is 30.6 Å². The van der Waals surface area contributed by atoms with Crippen LogP contribution in [0, 0.1) is 0 Å². The Hall–Kier alpha value is -0.870. The van der Waals surface area contributed by atoms with Gasteiger partial charge in [0.15, 0.2) is 0 Å². The van der Waals surface area contributed by atoms with Crippen LogP contribution >= 0.6 is 0 Å². The Morgan fingerprint density at radius 2 is 1.94 bits per heavy atom. The van der Waals surface area contributed by atoms with E-state index < -0.39 is 10.8 Å². The van der Waals surface area contributed by atoms with Crippen molar-refractivity contribution in [2.24, 2.45) is 5.73 Å². The highest BCUT2D eigenvalue weighted by Gasteiger charge is 2.28. The van der Waals surface area contributed by atoms with Crippen LogP contribution in [-0.4, -0.2) is 22.6 Å². The smallest absolute Gasteiger partial charge is 0.134 e. The summed E-state index contributed by atoms with van der Waals surface area (Å²) in [6, 6.07) is 7.57. The maximum atomic E-state index is 12.7. The third kappa shape index (κ3) is 2.93. The van der Waals surface area contributed by atoms with E-state index >= 15 is 0 Å². The quantitative estimate of drug-likeness (QED) is 0.856. The minimum Gasteiger partial charge on any atom is -0.495 e. The summed E-state index contributed by atoms with van der Waals surface area (Å²) in [7, 11) is 0.542. The fourth-order valence-corrected chi connectivity index (χ4v) is 4.24. The van der Waals surface area contributed by atoms with Gasteiger partial charge in [-0.15, -0.1) is 0 Å². The minimum atomic E-state index is -1.07. The van der Waals surface area contributed by atoms with Gasteiger partial charge in [-0.25, -0.2) is 0 Å². The summed E-state index contributed by atoms with van der Waals surface area (Å²) in [5.74, 6) is 0.701. The van der Waals surface area contributed by atoms with Crippen molar-refractivity contribution < 1.29 is 8.95 Å². The van der Waals surface area contributed by atoms with Gasteiger partial charge in [0.1, 0.15) is 5.75 Å². The molecule has 3 atom stereocenters. The summed E-state index contributed by atoms with van der Waals surface area (Å²) >= 11 is 0. The van der Waals surface area contributed by atoms with E-state index in [-0.39, 0.29) is 11.3 Å². The number of hydrogen-bond acceptors (Lipinski definition) is 3. The van der Waals surface area contributed by atoms with Crippen LogP contribution in [0.2, 0.25) is 0 Å². The number of para-hydroxylation sites is 1. The van der Waals surface area contributed by atoms with Crippen LogP contribution in [0.5, 0.6) is 5.75 Å². The molecule has 0 aliphatic heterocycles. The lowest BCUT2D eigenvalue weighted by Gasteiger charge is -2.21. The molecule has 0 bridgehead atoms. The normalized spacial score (nSPS) is 26.3. The zero-order valence-electron chi connectivity index (χ0n) is 10.8. The molecular weight excluding hydrogens is 246 g/mol. The fourth-order valence-electron chi connectivity index (χ4n) is 2.52. The molecule has 1 saturated carbocycles. The third-order valence-electron chi connectivity index (χ3n) is 3.56. The SMILES string of the molecule is COc1ccccc1S(=O)C1CCCCCC1N. The molecule has 0 amide bonds. The van der Waals surface area contributed by atoms with Gasteiger partial charge < -0.3 is 10.5 Å². The summed E-state index contributed by atoms with van der Waals surface area (Å²) in [6.07, 6.45) is 5.41. The molecule has 1 aromatic rings. The average Bonchev–Trinajstić information content (AvgIpc) is 2.62. The van der Waals surface area contributed by atoms with E-state index in [0.29, 0.717) is 5.75 Å². The minimum absolute atomic E-state index is 0.0400. The predicted molar refractivity (Wildman–Crippen MR) is 74.3 cm³/mol. The number of rotatable bonds is 3. The predicted octanol–water partition coefficient (Wildman–Crippen LogP) is 2.46. The Morgan fingerprint density at radius 1 is 1.22 bits per heavy atom. The molecule has 0 spiro atoms. The second-order valence-electron chi connectivity index (χ2n) is 4.79. The molecule has 1 aliphatic rings. The van der Waals surface area contributed by atoms with Crippen molar-refractivity contribution in [3.63, 3.8) is 0 Å². The first kappa shape index (κ1) is 13.6. The molecule has 2 rings (SSSR count). The highest BCUT2D eigenvalue weighted by atomic mass is 32.2. The molecular formula is C14H21NO2S. The van der Waals surface area contributed by atoms with Crippen molar-refractivity contribution in [1.29, 1.82) is 0 Å². The molecule has 0 heterocycles. The Kier molecular flexibility index (Phi) is 4.78. The van der Waals surface area contributed by atoms with Gasteiger partial charge in [-0.1, -0.05) is 31.4 Å². The van der Waals surface area contributed by atoms with E-state index in [1.807, 2.05) is 24.3 Å². The van der Waals surface area contributed by atoms with Gasteiger partial charge in [-0.2, -0.15) is 0 Å². The molecule has 3 unspecified atom stereocenters. The lowest BCUT2D eigenvalue weighted by atomic mass is 10.1. The van der Waals surface area contributed by atoms with Crippen LogP contribution in [0.15, 0.2) is 29.2 Å². The maximum absolute atomic E-state index is 12.7. The lowest BCUT2D eigenvalue weighted by Crippen LogP contribution is -2.36. The van der Waals surface area contributed by atoms with Gasteiger partial charge in [0.05, 0.1) is 28.1 Å². The van der Waals surface area contributed by atoms with Crippen molar-refractivity contribution in [3.8, 4) is 5.75 Å². The van der Waals surface area contributed by atoms with Crippen molar-refractivity contribution >= 4 is 10.8 Å². The topological polar surface area (TPSA) is 52.3 Å². The van der Waals surface area contributed by atoms with E-state index in [1.165, 1.54) is 6.42 Å². The van der Waals surface area contributed by atoms with Crippen molar-refractivity contribution in [3.05, 3.63) is 24.3 Å². The van der Waals surface area contributed by atoms with Crippen molar-refractivity contribution in [2.45, 2.75) is 48.3 Å². The van der Waals surface area contributed by atoms with Crippen LogP contribution in [-0.2, 0) is 10.8 Å². The average molecular weight is 267 g/mol. The van der Waals surface area contributed by atoms with E-state index in [2.05, 4.69) is 0 Å². The largest absolute Gasteiger partial charge is 0.495 e. The van der Waals surface area contributed by atoms with E-state index in [4.69, 9.17) is 10.5 Å². The molecule has 100 valence electrons. The summed E-state index contributed by atoms with van der Waals surface area (Å²) in [5, 5.41) is 0.0591. The summed E-state index contributed by atoms with van der Waals surface area (Å²) < 4.78 is 18.0. The van der Waals surface area contributed by atoms with Crippen molar-refractivity contribution in [1.82, 2.24) is 0 Å². The molecule has 1 aliphatic carbocycles. The van der Waals surface area contributed by atoms with Gasteiger partial charge in [0, 0.05) is 6.04 Å². The first-order chi connectivity index (χ1) is 8.74. The summed E-state index contributed by atoms with van der Waals surface area (Å²) in [6.45, 7) is 0. The Morgan fingerprint density at radius 3 is 2.72 bits per heavy atom. The number of hydrogen-bond donors (Lipinski definition) is 1. The van der Waals surface area contributed by atoms with Gasteiger partial charge >= 0.3 is 0 Å². The lowest BCUT2D eigenvalue weighted by molar-refractivity contribution is 0.403. The third-order valence-corrected chi connectivity index (χ3v) is 5.47. The van der Waals surface area contributed by atoms with Crippen LogP contribution < -0.4 is 10.5 Å². The van der Waals surface area contributed by atoms with Crippen LogP contribution in [0.4, 0.5) is 0 Å².